The van der Waals surface area contributed by atoms with Gasteiger partial charge in [-0.1, -0.05) is 26.2 Å². The Morgan fingerprint density at radius 3 is 2.67 bits per heavy atom. The maximum atomic E-state index is 8.51. The average Bonchev–Trinajstić information content (AvgIpc) is 2.11. The standard InChI is InChI=1S/C9H19ClO2/c1-2-3-4-5-9(8-10)12-7-6-11/h9,11H,2-8H2,1H3. The molecule has 0 spiro atoms. The molecule has 3 heteroatoms. The van der Waals surface area contributed by atoms with E-state index in [1.165, 1.54) is 19.3 Å². The molecule has 0 rings (SSSR count). The van der Waals surface area contributed by atoms with Gasteiger partial charge in [0.15, 0.2) is 0 Å². The number of unbranched alkanes of at least 4 members (excludes halogenated alkanes) is 2. The summed E-state index contributed by atoms with van der Waals surface area (Å²) in [5.41, 5.74) is 0. The second-order valence-corrected chi connectivity index (χ2v) is 3.18. The molecule has 0 saturated carbocycles. The zero-order valence-corrected chi connectivity index (χ0v) is 8.52. The van der Waals surface area contributed by atoms with Crippen molar-refractivity contribution in [3.63, 3.8) is 0 Å². The highest BCUT2D eigenvalue weighted by Crippen LogP contribution is 2.07. The number of hydrogen-bond donors (Lipinski definition) is 1. The molecule has 0 amide bonds. The Morgan fingerprint density at radius 1 is 1.42 bits per heavy atom. The molecule has 0 radical (unpaired) electrons. The summed E-state index contributed by atoms with van der Waals surface area (Å²) in [7, 11) is 0. The minimum Gasteiger partial charge on any atom is -0.394 e. The first-order valence-electron chi connectivity index (χ1n) is 4.63. The van der Waals surface area contributed by atoms with Crippen LogP contribution in [0.4, 0.5) is 0 Å². The van der Waals surface area contributed by atoms with Crippen LogP contribution < -0.4 is 0 Å². The zero-order chi connectivity index (χ0) is 9.23. The van der Waals surface area contributed by atoms with Crippen LogP contribution in [0.1, 0.15) is 32.6 Å². The van der Waals surface area contributed by atoms with E-state index >= 15 is 0 Å². The fraction of sp³-hybridized carbons (Fsp3) is 1.00. The largest absolute Gasteiger partial charge is 0.394 e. The normalized spacial score (nSPS) is 13.2. The quantitative estimate of drug-likeness (QED) is 0.474. The van der Waals surface area contributed by atoms with Crippen molar-refractivity contribution < 1.29 is 9.84 Å². The monoisotopic (exact) mass is 194 g/mol. The molecule has 1 unspecified atom stereocenters. The summed E-state index contributed by atoms with van der Waals surface area (Å²) in [6, 6.07) is 0. The maximum absolute atomic E-state index is 8.51. The van der Waals surface area contributed by atoms with Crippen LogP contribution in [0.25, 0.3) is 0 Å². The Labute approximate surface area is 79.9 Å². The summed E-state index contributed by atoms with van der Waals surface area (Å²) in [5, 5.41) is 8.51. The Hall–Kier alpha value is 0.210. The summed E-state index contributed by atoms with van der Waals surface area (Å²) >= 11 is 5.68. The fourth-order valence-corrected chi connectivity index (χ4v) is 1.29. The van der Waals surface area contributed by atoms with Gasteiger partial charge in [0.25, 0.3) is 0 Å². The lowest BCUT2D eigenvalue weighted by Gasteiger charge is -2.13. The summed E-state index contributed by atoms with van der Waals surface area (Å²) in [5.74, 6) is 0.531. The van der Waals surface area contributed by atoms with Crippen molar-refractivity contribution >= 4 is 11.6 Å². The number of alkyl halides is 1. The molecule has 0 aliphatic carbocycles. The van der Waals surface area contributed by atoms with Crippen molar-refractivity contribution in [2.75, 3.05) is 19.1 Å². The number of aliphatic hydroxyl groups excluding tert-OH is 1. The van der Waals surface area contributed by atoms with Gasteiger partial charge in [-0.25, -0.2) is 0 Å². The van der Waals surface area contributed by atoms with E-state index in [2.05, 4.69) is 6.92 Å². The first-order chi connectivity index (χ1) is 5.85. The number of halogens is 1. The van der Waals surface area contributed by atoms with Crippen LogP contribution >= 0.6 is 11.6 Å². The molecule has 0 saturated heterocycles. The lowest BCUT2D eigenvalue weighted by atomic mass is 10.1. The average molecular weight is 195 g/mol. The topological polar surface area (TPSA) is 29.5 Å². The van der Waals surface area contributed by atoms with Gasteiger partial charge in [0.05, 0.1) is 19.3 Å². The molecule has 2 nitrogen and oxygen atoms in total. The molecular formula is C9H19ClO2. The summed E-state index contributed by atoms with van der Waals surface area (Å²) in [6.45, 7) is 2.66. The molecule has 0 aliphatic rings. The third kappa shape index (κ3) is 6.89. The van der Waals surface area contributed by atoms with Crippen LogP contribution in [0.15, 0.2) is 0 Å². The van der Waals surface area contributed by atoms with Gasteiger partial charge in [-0.15, -0.1) is 11.6 Å². The molecule has 0 aliphatic heterocycles. The molecule has 0 aromatic heterocycles. The molecule has 0 aromatic rings. The van der Waals surface area contributed by atoms with Crippen molar-refractivity contribution in [2.24, 2.45) is 0 Å². The number of ether oxygens (including phenoxy) is 1. The predicted molar refractivity (Wildman–Crippen MR) is 51.7 cm³/mol. The second kappa shape index (κ2) is 9.30. The maximum Gasteiger partial charge on any atom is 0.0711 e. The molecule has 0 aromatic carbocycles. The predicted octanol–water partition coefficient (Wildman–Crippen LogP) is 2.18. The van der Waals surface area contributed by atoms with Gasteiger partial charge in [0.2, 0.25) is 0 Å². The van der Waals surface area contributed by atoms with E-state index in [1.54, 1.807) is 0 Å². The van der Waals surface area contributed by atoms with E-state index in [9.17, 15) is 0 Å². The number of hydrogen-bond acceptors (Lipinski definition) is 2. The highest BCUT2D eigenvalue weighted by molar-refractivity contribution is 6.18. The van der Waals surface area contributed by atoms with Crippen molar-refractivity contribution in [3.8, 4) is 0 Å². The van der Waals surface area contributed by atoms with Gasteiger partial charge >= 0.3 is 0 Å². The Kier molecular flexibility index (Phi) is 9.46. The van der Waals surface area contributed by atoms with E-state index in [4.69, 9.17) is 21.4 Å². The lowest BCUT2D eigenvalue weighted by Crippen LogP contribution is -2.17. The van der Waals surface area contributed by atoms with Crippen LogP contribution in [0.2, 0.25) is 0 Å². The van der Waals surface area contributed by atoms with Crippen molar-refractivity contribution in [1.29, 1.82) is 0 Å². The Bertz CT molecular complexity index is 88.6. The number of rotatable bonds is 8. The molecule has 74 valence electrons. The molecule has 0 fully saturated rings. The first kappa shape index (κ1) is 12.2. The minimum atomic E-state index is 0.0845. The summed E-state index contributed by atoms with van der Waals surface area (Å²) < 4.78 is 5.31. The van der Waals surface area contributed by atoms with Gasteiger partial charge in [0.1, 0.15) is 0 Å². The molecule has 12 heavy (non-hydrogen) atoms. The highest BCUT2D eigenvalue weighted by atomic mass is 35.5. The van der Waals surface area contributed by atoms with E-state index < -0.39 is 0 Å². The van der Waals surface area contributed by atoms with Crippen LogP contribution in [0, 0.1) is 0 Å². The van der Waals surface area contributed by atoms with Crippen LogP contribution in [-0.4, -0.2) is 30.3 Å². The van der Waals surface area contributed by atoms with Gasteiger partial charge in [-0.2, -0.15) is 0 Å². The summed E-state index contributed by atoms with van der Waals surface area (Å²) in [4.78, 5) is 0. The highest BCUT2D eigenvalue weighted by Gasteiger charge is 2.05. The summed E-state index contributed by atoms with van der Waals surface area (Å²) in [6.07, 6.45) is 4.76. The van der Waals surface area contributed by atoms with Gasteiger partial charge in [-0.3, -0.25) is 0 Å². The molecule has 0 heterocycles. The van der Waals surface area contributed by atoms with Gasteiger partial charge in [0, 0.05) is 5.88 Å². The fourth-order valence-electron chi connectivity index (χ4n) is 1.05. The van der Waals surface area contributed by atoms with Gasteiger partial charge in [-0.05, 0) is 6.42 Å². The number of aliphatic hydroxyl groups is 1. The van der Waals surface area contributed by atoms with Crippen LogP contribution in [0.3, 0.4) is 0 Å². The molecular weight excluding hydrogens is 176 g/mol. The van der Waals surface area contributed by atoms with E-state index in [1.807, 2.05) is 0 Å². The molecule has 1 atom stereocenters. The van der Waals surface area contributed by atoms with Crippen LogP contribution in [-0.2, 0) is 4.74 Å². The van der Waals surface area contributed by atoms with E-state index in [-0.39, 0.29) is 12.7 Å². The smallest absolute Gasteiger partial charge is 0.0711 e. The minimum absolute atomic E-state index is 0.0845. The first-order valence-corrected chi connectivity index (χ1v) is 5.17. The van der Waals surface area contributed by atoms with Crippen molar-refractivity contribution in [1.82, 2.24) is 0 Å². The SMILES string of the molecule is CCCCCC(CCl)OCCO. The lowest BCUT2D eigenvalue weighted by molar-refractivity contribution is 0.0353. The van der Waals surface area contributed by atoms with Crippen molar-refractivity contribution in [2.45, 2.75) is 38.7 Å². The van der Waals surface area contributed by atoms with Crippen molar-refractivity contribution in [3.05, 3.63) is 0 Å². The van der Waals surface area contributed by atoms with E-state index in [0.29, 0.717) is 12.5 Å². The third-order valence-electron chi connectivity index (χ3n) is 1.75. The van der Waals surface area contributed by atoms with Crippen LogP contribution in [0.5, 0.6) is 0 Å². The zero-order valence-electron chi connectivity index (χ0n) is 7.76. The Morgan fingerprint density at radius 2 is 2.17 bits per heavy atom. The second-order valence-electron chi connectivity index (χ2n) is 2.87. The third-order valence-corrected chi connectivity index (χ3v) is 2.09. The van der Waals surface area contributed by atoms with E-state index in [0.717, 1.165) is 6.42 Å². The Balaban J connectivity index is 3.26. The molecule has 1 N–H and O–H groups in total. The van der Waals surface area contributed by atoms with Gasteiger partial charge < -0.3 is 9.84 Å². The molecule has 0 bridgehead atoms.